The molecule has 1 amide bonds. The van der Waals surface area contributed by atoms with Crippen molar-refractivity contribution in [2.75, 3.05) is 46.5 Å². The van der Waals surface area contributed by atoms with Crippen LogP contribution in [0.25, 0.3) is 0 Å². The zero-order valence-corrected chi connectivity index (χ0v) is 17.5. The van der Waals surface area contributed by atoms with Gasteiger partial charge in [0.05, 0.1) is 26.9 Å². The predicted octanol–water partition coefficient (Wildman–Crippen LogP) is 1.91. The Hall–Kier alpha value is -2.42. The number of hydrogen-bond acceptors (Lipinski definition) is 7. The van der Waals surface area contributed by atoms with Gasteiger partial charge < -0.3 is 19.2 Å². The van der Waals surface area contributed by atoms with Gasteiger partial charge >= 0.3 is 0 Å². The third-order valence-corrected chi connectivity index (χ3v) is 5.46. The van der Waals surface area contributed by atoms with Crippen LogP contribution in [0.3, 0.4) is 0 Å². The number of carbonyl (C=O) groups excluding carboxylic acids is 1. The Morgan fingerprint density at radius 3 is 2.70 bits per heavy atom. The fourth-order valence-corrected chi connectivity index (χ4v) is 3.48. The molecule has 4 rings (SSSR count). The van der Waals surface area contributed by atoms with E-state index in [0.717, 1.165) is 64.5 Å². The lowest BCUT2D eigenvalue weighted by Gasteiger charge is -2.29. The van der Waals surface area contributed by atoms with Crippen molar-refractivity contribution < 1.29 is 18.7 Å². The van der Waals surface area contributed by atoms with Crippen LogP contribution in [-0.2, 0) is 17.8 Å². The number of benzene rings is 1. The molecule has 1 N–H and O–H groups in total. The summed E-state index contributed by atoms with van der Waals surface area (Å²) in [6.07, 6.45) is 3.56. The van der Waals surface area contributed by atoms with Crippen molar-refractivity contribution in [3.8, 4) is 5.75 Å². The molecule has 1 aromatic carbocycles. The number of ether oxygens (including phenoxy) is 2. The van der Waals surface area contributed by atoms with Crippen LogP contribution in [0.2, 0.25) is 0 Å². The van der Waals surface area contributed by atoms with Crippen LogP contribution < -0.4 is 10.1 Å². The van der Waals surface area contributed by atoms with Crippen molar-refractivity contribution in [3.63, 3.8) is 0 Å². The lowest BCUT2D eigenvalue weighted by atomic mass is 10.2. The van der Waals surface area contributed by atoms with E-state index < -0.39 is 0 Å². The normalized spacial score (nSPS) is 17.3. The third kappa shape index (κ3) is 6.04. The van der Waals surface area contributed by atoms with Crippen LogP contribution >= 0.6 is 0 Å². The summed E-state index contributed by atoms with van der Waals surface area (Å²) in [5.74, 6) is 1.26. The SMILES string of the molecule is COc1ccc(CN(CCN2CCOCC2)Cc2nc(C(=O)NC3CC3)co2)cc1. The molecule has 8 nitrogen and oxygen atoms in total. The maximum Gasteiger partial charge on any atom is 0.273 e. The first-order valence-corrected chi connectivity index (χ1v) is 10.6. The van der Waals surface area contributed by atoms with Crippen LogP contribution in [0.15, 0.2) is 34.9 Å². The summed E-state index contributed by atoms with van der Waals surface area (Å²) in [7, 11) is 1.67. The summed E-state index contributed by atoms with van der Waals surface area (Å²) in [6.45, 7) is 6.64. The smallest absolute Gasteiger partial charge is 0.273 e. The number of amides is 1. The summed E-state index contributed by atoms with van der Waals surface area (Å²) in [6, 6.07) is 8.40. The first kappa shape index (κ1) is 20.8. The van der Waals surface area contributed by atoms with E-state index in [4.69, 9.17) is 13.9 Å². The Bertz CT molecular complexity index is 813. The molecule has 1 aromatic heterocycles. The largest absolute Gasteiger partial charge is 0.497 e. The highest BCUT2D eigenvalue weighted by Gasteiger charge is 2.25. The number of carbonyl (C=O) groups is 1. The summed E-state index contributed by atoms with van der Waals surface area (Å²) in [4.78, 5) is 21.3. The molecule has 8 heteroatoms. The van der Waals surface area contributed by atoms with Gasteiger partial charge in [0, 0.05) is 38.8 Å². The Morgan fingerprint density at radius 2 is 2.00 bits per heavy atom. The molecule has 1 aliphatic heterocycles. The van der Waals surface area contributed by atoms with Crippen LogP contribution in [0.4, 0.5) is 0 Å². The first-order valence-electron chi connectivity index (χ1n) is 10.6. The topological polar surface area (TPSA) is 80.1 Å². The number of nitrogens with one attached hydrogen (secondary N) is 1. The molecule has 0 bridgehead atoms. The minimum Gasteiger partial charge on any atom is -0.497 e. The Labute approximate surface area is 177 Å². The number of nitrogens with zero attached hydrogens (tertiary/aromatic N) is 3. The van der Waals surface area contributed by atoms with E-state index in [0.29, 0.717) is 24.2 Å². The van der Waals surface area contributed by atoms with Gasteiger partial charge in [-0.15, -0.1) is 0 Å². The van der Waals surface area contributed by atoms with Crippen molar-refractivity contribution >= 4 is 5.91 Å². The molecule has 0 unspecified atom stereocenters. The minimum atomic E-state index is -0.150. The average Bonchev–Trinajstić information content (AvgIpc) is 3.47. The van der Waals surface area contributed by atoms with Crippen molar-refractivity contribution in [1.82, 2.24) is 20.1 Å². The number of rotatable bonds is 10. The number of oxazole rings is 1. The molecule has 1 aliphatic carbocycles. The van der Waals surface area contributed by atoms with Gasteiger partial charge in [-0.3, -0.25) is 14.6 Å². The molecule has 2 heterocycles. The highest BCUT2D eigenvalue weighted by molar-refractivity contribution is 5.92. The molecule has 2 fully saturated rings. The first-order chi connectivity index (χ1) is 14.7. The summed E-state index contributed by atoms with van der Waals surface area (Å²) in [5, 5.41) is 2.95. The van der Waals surface area contributed by atoms with Gasteiger partial charge in [-0.1, -0.05) is 12.1 Å². The third-order valence-electron chi connectivity index (χ3n) is 5.46. The molecular weight excluding hydrogens is 384 g/mol. The number of methoxy groups -OCH3 is 1. The number of aromatic nitrogens is 1. The van der Waals surface area contributed by atoms with Crippen LogP contribution in [-0.4, -0.2) is 73.2 Å². The molecule has 0 atom stereocenters. The zero-order valence-electron chi connectivity index (χ0n) is 17.5. The van der Waals surface area contributed by atoms with Gasteiger partial charge in [-0.25, -0.2) is 4.98 Å². The summed E-state index contributed by atoms with van der Waals surface area (Å²) < 4.78 is 16.3. The minimum absolute atomic E-state index is 0.150. The van der Waals surface area contributed by atoms with Gasteiger partial charge in [0.1, 0.15) is 12.0 Å². The number of hydrogen-bond donors (Lipinski definition) is 1. The fraction of sp³-hybridized carbons (Fsp3) is 0.545. The quantitative estimate of drug-likeness (QED) is 0.636. The van der Waals surface area contributed by atoms with Gasteiger partial charge in [-0.2, -0.15) is 0 Å². The van der Waals surface area contributed by atoms with Gasteiger partial charge in [0.2, 0.25) is 5.89 Å². The molecule has 2 aromatic rings. The predicted molar refractivity (Wildman–Crippen MR) is 111 cm³/mol. The molecule has 0 spiro atoms. The van der Waals surface area contributed by atoms with E-state index in [2.05, 4.69) is 32.2 Å². The molecule has 0 radical (unpaired) electrons. The Morgan fingerprint density at radius 1 is 1.23 bits per heavy atom. The van der Waals surface area contributed by atoms with Gasteiger partial charge in [0.15, 0.2) is 5.69 Å². The van der Waals surface area contributed by atoms with Crippen molar-refractivity contribution in [2.45, 2.75) is 32.0 Å². The van der Waals surface area contributed by atoms with E-state index in [1.54, 1.807) is 7.11 Å². The van der Waals surface area contributed by atoms with Gasteiger partial charge in [0.25, 0.3) is 5.91 Å². The molecule has 1 saturated carbocycles. The van der Waals surface area contributed by atoms with E-state index in [1.807, 2.05) is 12.1 Å². The second-order valence-electron chi connectivity index (χ2n) is 7.89. The summed E-state index contributed by atoms with van der Waals surface area (Å²) in [5.41, 5.74) is 1.55. The van der Waals surface area contributed by atoms with E-state index in [-0.39, 0.29) is 5.91 Å². The Kier molecular flexibility index (Phi) is 6.99. The monoisotopic (exact) mass is 414 g/mol. The van der Waals surface area contributed by atoms with Crippen molar-refractivity contribution in [1.29, 1.82) is 0 Å². The van der Waals surface area contributed by atoms with Crippen LogP contribution in [0.5, 0.6) is 5.75 Å². The van der Waals surface area contributed by atoms with E-state index in [1.165, 1.54) is 11.8 Å². The highest BCUT2D eigenvalue weighted by atomic mass is 16.5. The lowest BCUT2D eigenvalue weighted by molar-refractivity contribution is 0.0320. The second-order valence-corrected chi connectivity index (χ2v) is 7.89. The molecular formula is C22H30N4O4. The van der Waals surface area contributed by atoms with E-state index >= 15 is 0 Å². The molecule has 30 heavy (non-hydrogen) atoms. The van der Waals surface area contributed by atoms with Gasteiger partial charge in [-0.05, 0) is 30.5 Å². The lowest BCUT2D eigenvalue weighted by Crippen LogP contribution is -2.41. The summed E-state index contributed by atoms with van der Waals surface area (Å²) >= 11 is 0. The molecule has 1 saturated heterocycles. The molecule has 2 aliphatic rings. The Balaban J connectivity index is 1.38. The molecule has 162 valence electrons. The van der Waals surface area contributed by atoms with Crippen molar-refractivity contribution in [3.05, 3.63) is 47.7 Å². The van der Waals surface area contributed by atoms with Crippen LogP contribution in [0.1, 0.15) is 34.8 Å². The maximum absolute atomic E-state index is 12.2. The average molecular weight is 415 g/mol. The van der Waals surface area contributed by atoms with Crippen molar-refractivity contribution in [2.24, 2.45) is 0 Å². The highest BCUT2D eigenvalue weighted by Crippen LogP contribution is 2.19. The standard InChI is InChI=1S/C22H30N4O4/c1-28-19-6-2-17(3-7-19)14-26(9-8-25-10-12-29-13-11-25)15-21-24-20(16-30-21)22(27)23-18-4-5-18/h2-3,6-7,16,18H,4-5,8-15H2,1H3,(H,23,27). The zero-order chi connectivity index (χ0) is 20.8. The van der Waals surface area contributed by atoms with Crippen LogP contribution in [0, 0.1) is 0 Å². The maximum atomic E-state index is 12.2. The number of morpholine rings is 1. The van der Waals surface area contributed by atoms with E-state index in [9.17, 15) is 4.79 Å². The fourth-order valence-electron chi connectivity index (χ4n) is 3.48. The second kappa shape index (κ2) is 10.1.